The summed E-state index contributed by atoms with van der Waals surface area (Å²) in [4.78, 5) is 6.93. The molecule has 1 aromatic carbocycles. The second kappa shape index (κ2) is 5.54. The van der Waals surface area contributed by atoms with Gasteiger partial charge in [0, 0.05) is 25.2 Å². The van der Waals surface area contributed by atoms with Gasteiger partial charge < -0.3 is 19.8 Å². The molecule has 0 aliphatic carbocycles. The van der Waals surface area contributed by atoms with Crippen molar-refractivity contribution in [1.29, 1.82) is 0 Å². The van der Waals surface area contributed by atoms with Gasteiger partial charge in [0.25, 0.3) is 0 Å². The van der Waals surface area contributed by atoms with E-state index >= 15 is 0 Å². The summed E-state index contributed by atoms with van der Waals surface area (Å²) in [6, 6.07) is 4.18. The van der Waals surface area contributed by atoms with Gasteiger partial charge in [0.15, 0.2) is 11.5 Å². The molecule has 3 rings (SSSR count). The van der Waals surface area contributed by atoms with Gasteiger partial charge >= 0.3 is 0 Å². The first-order chi connectivity index (χ1) is 10.1. The van der Waals surface area contributed by atoms with Crippen molar-refractivity contribution in [3.63, 3.8) is 0 Å². The summed E-state index contributed by atoms with van der Waals surface area (Å²) in [5, 5.41) is 0. The molecule has 0 amide bonds. The Kier molecular flexibility index (Phi) is 3.73. The SMILES string of the molecule is CC(c1nc2cc3c(cc2n1CCN)OCCO3)N(C)C. The minimum Gasteiger partial charge on any atom is -0.486 e. The number of nitrogens with zero attached hydrogens (tertiary/aromatic N) is 3. The van der Waals surface area contributed by atoms with Crippen LogP contribution in [0.15, 0.2) is 12.1 Å². The third kappa shape index (κ3) is 2.45. The van der Waals surface area contributed by atoms with Gasteiger partial charge in [-0.25, -0.2) is 4.98 Å². The van der Waals surface area contributed by atoms with Crippen LogP contribution in [0.4, 0.5) is 0 Å². The van der Waals surface area contributed by atoms with E-state index in [4.69, 9.17) is 20.2 Å². The maximum Gasteiger partial charge on any atom is 0.163 e. The zero-order valence-corrected chi connectivity index (χ0v) is 12.8. The molecule has 6 nitrogen and oxygen atoms in total. The normalized spacial score (nSPS) is 15.7. The number of imidazole rings is 1. The topological polar surface area (TPSA) is 65.5 Å². The van der Waals surface area contributed by atoms with Crippen molar-refractivity contribution in [2.75, 3.05) is 33.9 Å². The number of aromatic nitrogens is 2. The molecule has 1 atom stereocenters. The third-order valence-electron chi connectivity index (χ3n) is 3.94. The van der Waals surface area contributed by atoms with Crippen molar-refractivity contribution in [1.82, 2.24) is 14.5 Å². The zero-order chi connectivity index (χ0) is 15.0. The standard InChI is InChI=1S/C15H22N4O2/c1-10(18(2)3)15-17-11-8-13-14(21-7-6-20-13)9-12(11)19(15)5-4-16/h8-10H,4-7,16H2,1-3H3. The van der Waals surface area contributed by atoms with Gasteiger partial charge in [-0.1, -0.05) is 0 Å². The number of hydrogen-bond acceptors (Lipinski definition) is 5. The first-order valence-corrected chi connectivity index (χ1v) is 7.28. The van der Waals surface area contributed by atoms with Crippen molar-refractivity contribution in [3.05, 3.63) is 18.0 Å². The van der Waals surface area contributed by atoms with Crippen LogP contribution in [0.5, 0.6) is 11.5 Å². The van der Waals surface area contributed by atoms with Crippen LogP contribution in [0.25, 0.3) is 11.0 Å². The van der Waals surface area contributed by atoms with E-state index in [1.807, 2.05) is 26.2 Å². The Morgan fingerprint density at radius 1 is 1.29 bits per heavy atom. The fourth-order valence-electron chi connectivity index (χ4n) is 2.59. The van der Waals surface area contributed by atoms with Crippen molar-refractivity contribution in [2.45, 2.75) is 19.5 Å². The second-order valence-electron chi connectivity index (χ2n) is 5.53. The van der Waals surface area contributed by atoms with Crippen molar-refractivity contribution >= 4 is 11.0 Å². The Morgan fingerprint density at radius 3 is 2.57 bits per heavy atom. The lowest BCUT2D eigenvalue weighted by atomic mass is 10.2. The van der Waals surface area contributed by atoms with E-state index in [9.17, 15) is 0 Å². The summed E-state index contributed by atoms with van der Waals surface area (Å²) in [7, 11) is 4.10. The largest absolute Gasteiger partial charge is 0.486 e. The van der Waals surface area contributed by atoms with Crippen LogP contribution in [0.3, 0.4) is 0 Å². The highest BCUT2D eigenvalue weighted by Gasteiger charge is 2.21. The lowest BCUT2D eigenvalue weighted by Gasteiger charge is -2.21. The van der Waals surface area contributed by atoms with E-state index in [0.717, 1.165) is 34.9 Å². The number of hydrogen-bond donors (Lipinski definition) is 1. The molecule has 0 spiro atoms. The van der Waals surface area contributed by atoms with Gasteiger partial charge in [-0.2, -0.15) is 0 Å². The van der Waals surface area contributed by atoms with Gasteiger partial charge in [0.1, 0.15) is 19.0 Å². The summed E-state index contributed by atoms with van der Waals surface area (Å²) >= 11 is 0. The van der Waals surface area contributed by atoms with Crippen molar-refractivity contribution < 1.29 is 9.47 Å². The zero-order valence-electron chi connectivity index (χ0n) is 12.8. The van der Waals surface area contributed by atoms with Crippen molar-refractivity contribution in [3.8, 4) is 11.5 Å². The Bertz CT molecular complexity index is 651. The molecular formula is C15H22N4O2. The summed E-state index contributed by atoms with van der Waals surface area (Å²) < 4.78 is 13.5. The predicted molar refractivity (Wildman–Crippen MR) is 81.9 cm³/mol. The Labute approximate surface area is 124 Å². The quantitative estimate of drug-likeness (QED) is 0.921. The molecular weight excluding hydrogens is 268 g/mol. The molecule has 0 saturated carbocycles. The first kappa shape index (κ1) is 14.2. The summed E-state index contributed by atoms with van der Waals surface area (Å²) in [6.45, 7) is 4.63. The van der Waals surface area contributed by atoms with Gasteiger partial charge in [0.05, 0.1) is 17.1 Å². The lowest BCUT2D eigenvalue weighted by Crippen LogP contribution is -2.22. The van der Waals surface area contributed by atoms with Gasteiger partial charge in [-0.3, -0.25) is 4.90 Å². The highest BCUT2D eigenvalue weighted by molar-refractivity contribution is 5.81. The van der Waals surface area contributed by atoms with Crippen LogP contribution in [0.2, 0.25) is 0 Å². The summed E-state index contributed by atoms with van der Waals surface area (Å²) in [5.74, 6) is 2.58. The molecule has 1 aromatic heterocycles. The number of rotatable bonds is 4. The van der Waals surface area contributed by atoms with E-state index in [0.29, 0.717) is 19.8 Å². The maximum atomic E-state index is 5.78. The average molecular weight is 290 g/mol. The van der Waals surface area contributed by atoms with Crippen LogP contribution in [-0.4, -0.2) is 48.3 Å². The predicted octanol–water partition coefficient (Wildman–Crippen LogP) is 1.39. The number of ether oxygens (including phenoxy) is 2. The molecule has 1 unspecified atom stereocenters. The third-order valence-corrected chi connectivity index (χ3v) is 3.94. The molecule has 1 aliphatic heterocycles. The average Bonchev–Trinajstić information content (AvgIpc) is 2.82. The monoisotopic (exact) mass is 290 g/mol. The number of fused-ring (bicyclic) bond motifs is 2. The smallest absolute Gasteiger partial charge is 0.163 e. The first-order valence-electron chi connectivity index (χ1n) is 7.28. The van der Waals surface area contributed by atoms with Gasteiger partial charge in [-0.05, 0) is 21.0 Å². The molecule has 2 heterocycles. The highest BCUT2D eigenvalue weighted by atomic mass is 16.6. The summed E-state index contributed by atoms with van der Waals surface area (Å²) in [5.41, 5.74) is 7.75. The van der Waals surface area contributed by atoms with Crippen LogP contribution in [-0.2, 0) is 6.54 Å². The molecule has 0 saturated heterocycles. The molecule has 2 aromatic rings. The molecule has 2 N–H and O–H groups in total. The van der Waals surface area contributed by atoms with Crippen LogP contribution >= 0.6 is 0 Å². The van der Waals surface area contributed by atoms with E-state index < -0.39 is 0 Å². The number of benzene rings is 1. The molecule has 0 bridgehead atoms. The van der Waals surface area contributed by atoms with E-state index in [1.54, 1.807) is 0 Å². The fourth-order valence-corrected chi connectivity index (χ4v) is 2.59. The molecule has 21 heavy (non-hydrogen) atoms. The fraction of sp³-hybridized carbons (Fsp3) is 0.533. The Balaban J connectivity index is 2.16. The van der Waals surface area contributed by atoms with Crippen LogP contribution in [0.1, 0.15) is 18.8 Å². The molecule has 1 aliphatic rings. The van der Waals surface area contributed by atoms with E-state index in [-0.39, 0.29) is 6.04 Å². The van der Waals surface area contributed by atoms with Gasteiger partial charge in [-0.15, -0.1) is 0 Å². The molecule has 0 fully saturated rings. The molecule has 0 radical (unpaired) electrons. The Hall–Kier alpha value is -1.79. The minimum atomic E-state index is 0.211. The maximum absolute atomic E-state index is 5.78. The highest BCUT2D eigenvalue weighted by Crippen LogP contribution is 2.35. The molecule has 6 heteroatoms. The molecule has 114 valence electrons. The van der Waals surface area contributed by atoms with E-state index in [2.05, 4.69) is 16.4 Å². The van der Waals surface area contributed by atoms with Crippen LogP contribution in [0, 0.1) is 0 Å². The number of nitrogens with two attached hydrogens (primary N) is 1. The lowest BCUT2D eigenvalue weighted by molar-refractivity contribution is 0.172. The van der Waals surface area contributed by atoms with E-state index in [1.165, 1.54) is 0 Å². The van der Waals surface area contributed by atoms with Crippen LogP contribution < -0.4 is 15.2 Å². The minimum absolute atomic E-state index is 0.211. The Morgan fingerprint density at radius 2 is 1.95 bits per heavy atom. The second-order valence-corrected chi connectivity index (χ2v) is 5.53. The summed E-state index contributed by atoms with van der Waals surface area (Å²) in [6.07, 6.45) is 0. The van der Waals surface area contributed by atoms with Crippen molar-refractivity contribution in [2.24, 2.45) is 5.73 Å². The van der Waals surface area contributed by atoms with Gasteiger partial charge in [0.2, 0.25) is 0 Å².